The van der Waals surface area contributed by atoms with E-state index in [2.05, 4.69) is 6.92 Å². The second-order valence-electron chi connectivity index (χ2n) is 4.63. The Balaban J connectivity index is 4.43. The summed E-state index contributed by atoms with van der Waals surface area (Å²) in [7, 11) is 0. The van der Waals surface area contributed by atoms with Gasteiger partial charge in [-0.2, -0.15) is 0 Å². The lowest BCUT2D eigenvalue weighted by Crippen LogP contribution is -2.19. The summed E-state index contributed by atoms with van der Waals surface area (Å²) in [5, 5.41) is -1.50. The fourth-order valence-corrected chi connectivity index (χ4v) is 2.43. The highest BCUT2D eigenvalue weighted by Crippen LogP contribution is 2.26. The minimum atomic E-state index is -0.545. The summed E-state index contributed by atoms with van der Waals surface area (Å²) < 4.78 is 0. The molecular weight excluding hydrogens is 310 g/mol. The summed E-state index contributed by atoms with van der Waals surface area (Å²) in [6.45, 7) is 2.06. The number of halogens is 3. The first-order valence-corrected chi connectivity index (χ1v) is 7.58. The van der Waals surface area contributed by atoms with Crippen molar-refractivity contribution in [3.63, 3.8) is 0 Å². The van der Waals surface area contributed by atoms with Crippen LogP contribution in [-0.2, 0) is 14.4 Å². The van der Waals surface area contributed by atoms with Gasteiger partial charge >= 0.3 is 0 Å². The fraction of sp³-hybridized carbons (Fsp3) is 0.769. The van der Waals surface area contributed by atoms with Gasteiger partial charge in [-0.1, -0.05) is 26.2 Å². The van der Waals surface area contributed by atoms with Gasteiger partial charge in [-0.15, -0.1) is 0 Å². The number of hydrogen-bond donors (Lipinski definition) is 0. The minimum Gasteiger partial charge on any atom is -0.281 e. The zero-order valence-electron chi connectivity index (χ0n) is 11.0. The van der Waals surface area contributed by atoms with Crippen LogP contribution in [0.1, 0.15) is 51.9 Å². The molecule has 0 amide bonds. The molecule has 0 heterocycles. The van der Waals surface area contributed by atoms with Gasteiger partial charge in [0.05, 0.1) is 0 Å². The molecule has 2 unspecified atom stereocenters. The van der Waals surface area contributed by atoms with Crippen molar-refractivity contribution in [2.45, 2.75) is 51.9 Å². The Morgan fingerprint density at radius 1 is 0.895 bits per heavy atom. The van der Waals surface area contributed by atoms with Crippen LogP contribution in [0.25, 0.3) is 0 Å². The molecule has 0 radical (unpaired) electrons. The predicted octanol–water partition coefficient (Wildman–Crippen LogP) is 4.27. The highest BCUT2D eigenvalue weighted by molar-refractivity contribution is 6.65. The van der Waals surface area contributed by atoms with Gasteiger partial charge in [0, 0.05) is 18.3 Å². The van der Waals surface area contributed by atoms with Crippen molar-refractivity contribution in [1.82, 2.24) is 0 Å². The molecule has 3 nitrogen and oxygen atoms in total. The Morgan fingerprint density at radius 2 is 1.42 bits per heavy atom. The van der Waals surface area contributed by atoms with E-state index >= 15 is 0 Å². The second-order valence-corrected chi connectivity index (χ2v) is 5.79. The maximum atomic E-state index is 11.4. The third-order valence-corrected chi connectivity index (χ3v) is 3.86. The Morgan fingerprint density at radius 3 is 1.84 bits per heavy atom. The number of rotatable bonds is 11. The fourth-order valence-electron chi connectivity index (χ4n) is 1.92. The molecule has 0 rings (SSSR count). The van der Waals surface area contributed by atoms with Crippen LogP contribution in [0.4, 0.5) is 0 Å². The van der Waals surface area contributed by atoms with Gasteiger partial charge in [-0.25, -0.2) is 0 Å². The summed E-state index contributed by atoms with van der Waals surface area (Å²) >= 11 is 16.3. The summed E-state index contributed by atoms with van der Waals surface area (Å²) in [6, 6.07) is 0. The van der Waals surface area contributed by atoms with Gasteiger partial charge in [-0.05, 0) is 54.1 Å². The van der Waals surface area contributed by atoms with Crippen molar-refractivity contribution < 1.29 is 14.4 Å². The van der Waals surface area contributed by atoms with E-state index in [0.717, 1.165) is 19.3 Å². The van der Waals surface area contributed by atoms with Gasteiger partial charge < -0.3 is 0 Å². The normalized spacial score (nSPS) is 13.9. The van der Waals surface area contributed by atoms with Gasteiger partial charge in [0.1, 0.15) is 0 Å². The van der Waals surface area contributed by atoms with E-state index in [1.54, 1.807) is 0 Å². The van der Waals surface area contributed by atoms with Gasteiger partial charge in [0.25, 0.3) is 0 Å². The molecule has 2 atom stereocenters. The molecule has 0 aliphatic heterocycles. The van der Waals surface area contributed by atoms with Gasteiger partial charge in [0.15, 0.2) is 0 Å². The monoisotopic (exact) mass is 328 g/mol. The SMILES string of the molecule is CCCCCC(CC(CCC(=O)Cl)C(=O)Cl)C(=O)Cl. The number of carbonyl (C=O) groups is 3. The number of carbonyl (C=O) groups excluding carboxylic acids is 3. The topological polar surface area (TPSA) is 51.2 Å². The molecule has 0 aromatic heterocycles. The van der Waals surface area contributed by atoms with Crippen molar-refractivity contribution in [2.24, 2.45) is 11.8 Å². The first kappa shape index (κ1) is 18.9. The molecule has 0 aromatic rings. The van der Waals surface area contributed by atoms with Gasteiger partial charge in [-0.3, -0.25) is 14.4 Å². The lowest BCUT2D eigenvalue weighted by atomic mass is 9.89. The minimum absolute atomic E-state index is 0.0723. The van der Waals surface area contributed by atoms with E-state index in [4.69, 9.17) is 34.8 Å². The highest BCUT2D eigenvalue weighted by Gasteiger charge is 2.25. The molecule has 0 saturated carbocycles. The van der Waals surface area contributed by atoms with E-state index in [1.165, 1.54) is 0 Å². The predicted molar refractivity (Wildman–Crippen MR) is 77.6 cm³/mol. The maximum absolute atomic E-state index is 11.4. The molecule has 0 aliphatic carbocycles. The van der Waals surface area contributed by atoms with Crippen molar-refractivity contribution in [3.8, 4) is 0 Å². The highest BCUT2D eigenvalue weighted by atomic mass is 35.5. The second kappa shape index (κ2) is 10.6. The van der Waals surface area contributed by atoms with Crippen LogP contribution in [-0.4, -0.2) is 15.7 Å². The van der Waals surface area contributed by atoms with Crippen LogP contribution >= 0.6 is 34.8 Å². The average molecular weight is 330 g/mol. The molecule has 110 valence electrons. The quantitative estimate of drug-likeness (QED) is 0.420. The summed E-state index contributed by atoms with van der Waals surface area (Å²) in [5.74, 6) is -0.926. The van der Waals surface area contributed by atoms with Crippen LogP contribution in [0.15, 0.2) is 0 Å². The van der Waals surface area contributed by atoms with E-state index in [0.29, 0.717) is 12.8 Å². The Kier molecular flexibility index (Phi) is 10.6. The van der Waals surface area contributed by atoms with Crippen molar-refractivity contribution >= 4 is 50.5 Å². The zero-order chi connectivity index (χ0) is 14.8. The summed E-state index contributed by atoms with van der Waals surface area (Å²) in [4.78, 5) is 33.4. The lowest BCUT2D eigenvalue weighted by Gasteiger charge is -2.17. The molecule has 0 aromatic carbocycles. The van der Waals surface area contributed by atoms with E-state index < -0.39 is 21.6 Å². The first-order chi connectivity index (χ1) is 8.88. The summed E-state index contributed by atoms with van der Waals surface area (Å²) in [5.41, 5.74) is 0. The molecule has 0 saturated heterocycles. The maximum Gasteiger partial charge on any atom is 0.224 e. The van der Waals surface area contributed by atoms with Crippen molar-refractivity contribution in [2.75, 3.05) is 0 Å². The molecular formula is C13H19Cl3O3. The van der Waals surface area contributed by atoms with Crippen LogP contribution in [0.3, 0.4) is 0 Å². The van der Waals surface area contributed by atoms with E-state index in [9.17, 15) is 14.4 Å². The number of unbranched alkanes of at least 4 members (excludes halogenated alkanes) is 2. The molecule has 0 N–H and O–H groups in total. The Bertz CT molecular complexity index is 318. The van der Waals surface area contributed by atoms with Crippen LogP contribution in [0, 0.1) is 11.8 Å². The molecule has 19 heavy (non-hydrogen) atoms. The Labute approximate surface area is 129 Å². The third-order valence-electron chi connectivity index (χ3n) is 3.06. The molecule has 0 spiro atoms. The van der Waals surface area contributed by atoms with Crippen molar-refractivity contribution in [3.05, 3.63) is 0 Å². The van der Waals surface area contributed by atoms with E-state index in [1.807, 2.05) is 0 Å². The Hall–Kier alpha value is -0.120. The largest absolute Gasteiger partial charge is 0.281 e. The van der Waals surface area contributed by atoms with Crippen LogP contribution in [0.5, 0.6) is 0 Å². The molecule has 0 fully saturated rings. The third kappa shape index (κ3) is 9.42. The molecule has 0 aliphatic rings. The van der Waals surface area contributed by atoms with E-state index in [-0.39, 0.29) is 18.8 Å². The zero-order valence-corrected chi connectivity index (χ0v) is 13.2. The average Bonchev–Trinajstić information content (AvgIpc) is 2.31. The molecule has 0 bridgehead atoms. The smallest absolute Gasteiger partial charge is 0.224 e. The standard InChI is InChI=1S/C13H19Cl3O3/c1-2-3-4-5-9(12(15)18)8-10(13(16)19)6-7-11(14)17/h9-10H,2-8H2,1H3. The lowest BCUT2D eigenvalue weighted by molar-refractivity contribution is -0.118. The van der Waals surface area contributed by atoms with Gasteiger partial charge in [0.2, 0.25) is 15.7 Å². The molecule has 6 heteroatoms. The first-order valence-electron chi connectivity index (χ1n) is 6.45. The van der Waals surface area contributed by atoms with Crippen LogP contribution < -0.4 is 0 Å². The van der Waals surface area contributed by atoms with Crippen LogP contribution in [0.2, 0.25) is 0 Å². The summed E-state index contributed by atoms with van der Waals surface area (Å²) in [6.07, 6.45) is 4.21. The number of hydrogen-bond acceptors (Lipinski definition) is 3. The van der Waals surface area contributed by atoms with Crippen molar-refractivity contribution in [1.29, 1.82) is 0 Å².